The number of pyridine rings is 1. The molecular weight excluding hydrogens is 274 g/mol. The molecule has 0 amide bonds. The number of aromatic nitrogens is 1. The van der Waals surface area contributed by atoms with Gasteiger partial charge in [0, 0.05) is 36.8 Å². The highest BCUT2D eigenvalue weighted by molar-refractivity contribution is 7.89. The van der Waals surface area contributed by atoms with E-state index in [1.165, 1.54) is 0 Å². The second kappa shape index (κ2) is 4.25. The summed E-state index contributed by atoms with van der Waals surface area (Å²) in [6.45, 7) is 1.32. The maximum atomic E-state index is 12.9. The van der Waals surface area contributed by atoms with Gasteiger partial charge < -0.3 is 5.32 Å². The summed E-state index contributed by atoms with van der Waals surface area (Å²) in [6.07, 6.45) is 2.55. The molecule has 0 aliphatic carbocycles. The molecule has 2 aliphatic heterocycles. The highest BCUT2D eigenvalue weighted by atomic mass is 32.2. The van der Waals surface area contributed by atoms with Crippen LogP contribution >= 0.6 is 0 Å². The average Bonchev–Trinajstić information content (AvgIpc) is 3.09. The summed E-state index contributed by atoms with van der Waals surface area (Å²) in [5, 5.41) is 4.18. The van der Waals surface area contributed by atoms with Crippen molar-refractivity contribution in [3.8, 4) is 0 Å². The van der Waals surface area contributed by atoms with Crippen molar-refractivity contribution in [1.82, 2.24) is 14.6 Å². The average molecular weight is 289 g/mol. The zero-order valence-electron chi connectivity index (χ0n) is 10.9. The number of sulfonamides is 1. The summed E-state index contributed by atoms with van der Waals surface area (Å²) in [5.74, 6) is 0. The minimum atomic E-state index is -3.47. The van der Waals surface area contributed by atoms with Crippen molar-refractivity contribution in [1.29, 1.82) is 0 Å². The molecule has 0 saturated carbocycles. The summed E-state index contributed by atoms with van der Waals surface area (Å²) >= 11 is 0. The van der Waals surface area contributed by atoms with Crippen molar-refractivity contribution >= 4 is 20.9 Å². The smallest absolute Gasteiger partial charge is 0.245 e. The van der Waals surface area contributed by atoms with Crippen LogP contribution in [0.3, 0.4) is 0 Å². The Bertz CT molecular complexity index is 770. The fourth-order valence-electron chi connectivity index (χ4n) is 3.23. The first kappa shape index (κ1) is 12.3. The predicted molar refractivity (Wildman–Crippen MR) is 75.8 cm³/mol. The van der Waals surface area contributed by atoms with Crippen LogP contribution in [0.5, 0.6) is 0 Å². The first-order chi connectivity index (χ1) is 9.66. The lowest BCUT2D eigenvalue weighted by atomic mass is 10.2. The van der Waals surface area contributed by atoms with Gasteiger partial charge >= 0.3 is 0 Å². The number of rotatable bonds is 2. The summed E-state index contributed by atoms with van der Waals surface area (Å²) in [7, 11) is -3.47. The highest BCUT2D eigenvalue weighted by Crippen LogP contribution is 2.32. The quantitative estimate of drug-likeness (QED) is 0.895. The molecule has 5 nitrogen and oxygen atoms in total. The van der Waals surface area contributed by atoms with Crippen LogP contribution in [0.1, 0.15) is 6.42 Å². The van der Waals surface area contributed by atoms with Gasteiger partial charge in [0.05, 0.1) is 5.52 Å². The van der Waals surface area contributed by atoms with Crippen LogP contribution in [-0.2, 0) is 10.0 Å². The Labute approximate surface area is 117 Å². The van der Waals surface area contributed by atoms with Crippen molar-refractivity contribution in [3.63, 3.8) is 0 Å². The molecule has 2 aliphatic rings. The number of hydrogen-bond donors (Lipinski definition) is 1. The van der Waals surface area contributed by atoms with Gasteiger partial charge in [-0.2, -0.15) is 4.31 Å². The summed E-state index contributed by atoms with van der Waals surface area (Å²) in [6, 6.07) is 9.42. The molecule has 2 fully saturated rings. The maximum absolute atomic E-state index is 12.9. The Morgan fingerprint density at radius 1 is 1.25 bits per heavy atom. The molecule has 1 aromatic heterocycles. The molecule has 2 unspecified atom stereocenters. The van der Waals surface area contributed by atoms with Crippen molar-refractivity contribution in [3.05, 3.63) is 36.5 Å². The topological polar surface area (TPSA) is 62.3 Å². The molecule has 2 saturated heterocycles. The zero-order chi connectivity index (χ0) is 13.7. The normalized spacial score (nSPS) is 26.4. The fraction of sp³-hybridized carbons (Fsp3) is 0.357. The van der Waals surface area contributed by atoms with Crippen LogP contribution < -0.4 is 5.32 Å². The van der Waals surface area contributed by atoms with E-state index >= 15 is 0 Å². The van der Waals surface area contributed by atoms with Gasteiger partial charge in [-0.3, -0.25) is 4.98 Å². The molecule has 20 heavy (non-hydrogen) atoms. The first-order valence-corrected chi connectivity index (χ1v) is 8.19. The summed E-state index contributed by atoms with van der Waals surface area (Å²) < 4.78 is 27.4. The van der Waals surface area contributed by atoms with Gasteiger partial charge in [-0.15, -0.1) is 0 Å². The van der Waals surface area contributed by atoms with E-state index in [1.807, 2.05) is 18.2 Å². The molecule has 104 valence electrons. The molecule has 3 heterocycles. The van der Waals surface area contributed by atoms with Gasteiger partial charge in [0.2, 0.25) is 10.0 Å². The van der Waals surface area contributed by atoms with Crippen molar-refractivity contribution < 1.29 is 8.42 Å². The number of hydrogen-bond acceptors (Lipinski definition) is 4. The monoisotopic (exact) mass is 289 g/mol. The standard InChI is InChI=1S/C14H15N3O2S/c18-20(19,17-9-11-7-12(17)8-16-11)13-5-1-3-10-4-2-6-15-14(10)13/h1-6,11-12,16H,7-9H2. The molecule has 1 aromatic carbocycles. The number of nitrogens with one attached hydrogen (secondary N) is 1. The summed E-state index contributed by atoms with van der Waals surface area (Å²) in [5.41, 5.74) is 0.561. The van der Waals surface area contributed by atoms with Crippen molar-refractivity contribution in [2.24, 2.45) is 0 Å². The minimum absolute atomic E-state index is 0.0870. The molecular formula is C14H15N3O2S. The largest absolute Gasteiger partial charge is 0.311 e. The molecule has 6 heteroatoms. The van der Waals surface area contributed by atoms with Crippen molar-refractivity contribution in [2.75, 3.05) is 13.1 Å². The highest BCUT2D eigenvalue weighted by Gasteiger charge is 2.44. The molecule has 0 spiro atoms. The van der Waals surface area contributed by atoms with Gasteiger partial charge in [-0.1, -0.05) is 18.2 Å². The van der Waals surface area contributed by atoms with Crippen LogP contribution in [0.2, 0.25) is 0 Å². The van der Waals surface area contributed by atoms with E-state index in [4.69, 9.17) is 0 Å². The number of benzene rings is 1. The molecule has 2 atom stereocenters. The van der Waals surface area contributed by atoms with Crippen LogP contribution in [-0.4, -0.2) is 42.9 Å². The lowest BCUT2D eigenvalue weighted by Crippen LogP contribution is -2.46. The molecule has 0 radical (unpaired) electrons. The van der Waals surface area contributed by atoms with Gasteiger partial charge in [0.15, 0.2) is 0 Å². The Morgan fingerprint density at radius 2 is 2.10 bits per heavy atom. The Hall–Kier alpha value is -1.50. The van der Waals surface area contributed by atoms with Crippen LogP contribution in [0.25, 0.3) is 10.9 Å². The van der Waals surface area contributed by atoms with Gasteiger partial charge in [0.1, 0.15) is 4.90 Å². The second-order valence-corrected chi connectivity index (χ2v) is 7.26. The van der Waals surface area contributed by atoms with E-state index in [2.05, 4.69) is 10.3 Å². The first-order valence-electron chi connectivity index (χ1n) is 6.75. The maximum Gasteiger partial charge on any atom is 0.245 e. The lowest BCUT2D eigenvalue weighted by Gasteiger charge is -2.26. The molecule has 2 aromatic rings. The summed E-state index contributed by atoms with van der Waals surface area (Å²) in [4.78, 5) is 4.58. The predicted octanol–water partition coefficient (Wildman–Crippen LogP) is 0.970. The Morgan fingerprint density at radius 3 is 2.85 bits per heavy atom. The van der Waals surface area contributed by atoms with Gasteiger partial charge in [0.25, 0.3) is 0 Å². The molecule has 4 rings (SSSR count). The zero-order valence-corrected chi connectivity index (χ0v) is 11.7. The number of piperazine rings is 1. The lowest BCUT2D eigenvalue weighted by molar-refractivity contribution is 0.349. The second-order valence-electron chi connectivity index (χ2n) is 5.40. The van der Waals surface area contributed by atoms with Crippen LogP contribution in [0, 0.1) is 0 Å². The van der Waals surface area contributed by atoms with Gasteiger partial charge in [-0.05, 0) is 18.6 Å². The SMILES string of the molecule is O=S(=O)(c1cccc2cccnc12)N1CC2CC1CN2. The number of fused-ring (bicyclic) bond motifs is 3. The third-order valence-corrected chi connectivity index (χ3v) is 6.14. The minimum Gasteiger partial charge on any atom is -0.311 e. The van der Waals surface area contributed by atoms with Crippen LogP contribution in [0.15, 0.2) is 41.4 Å². The third kappa shape index (κ3) is 1.69. The van der Waals surface area contributed by atoms with E-state index in [-0.39, 0.29) is 6.04 Å². The van der Waals surface area contributed by atoms with Gasteiger partial charge in [-0.25, -0.2) is 8.42 Å². The van der Waals surface area contributed by atoms with Crippen molar-refractivity contribution in [2.45, 2.75) is 23.4 Å². The van der Waals surface area contributed by atoms with Crippen LogP contribution in [0.4, 0.5) is 0 Å². The number of nitrogens with zero attached hydrogens (tertiary/aromatic N) is 2. The third-order valence-electron chi connectivity index (χ3n) is 4.19. The Balaban J connectivity index is 1.86. The molecule has 2 bridgehead atoms. The van der Waals surface area contributed by atoms with E-state index in [0.717, 1.165) is 18.4 Å². The van der Waals surface area contributed by atoms with E-state index in [0.29, 0.717) is 23.0 Å². The number of para-hydroxylation sites is 1. The van der Waals surface area contributed by atoms with E-state index in [9.17, 15) is 8.42 Å². The fourth-order valence-corrected chi connectivity index (χ4v) is 5.08. The van der Waals surface area contributed by atoms with E-state index < -0.39 is 10.0 Å². The Kier molecular flexibility index (Phi) is 2.60. The molecule has 1 N–H and O–H groups in total. The van der Waals surface area contributed by atoms with E-state index in [1.54, 1.807) is 22.6 Å².